The highest BCUT2D eigenvalue weighted by Gasteiger charge is 2.04. The summed E-state index contributed by atoms with van der Waals surface area (Å²) in [5.74, 6) is 0. The van der Waals surface area contributed by atoms with Gasteiger partial charge in [-0.05, 0) is 37.6 Å². The largest absolute Gasteiger partial charge is 0.378 e. The lowest BCUT2D eigenvalue weighted by Crippen LogP contribution is -2.06. The maximum atomic E-state index is 4.30. The molecule has 0 spiro atoms. The van der Waals surface area contributed by atoms with E-state index in [1.54, 1.807) is 0 Å². The zero-order chi connectivity index (χ0) is 11.4. The zero-order valence-electron chi connectivity index (χ0n) is 9.64. The first-order chi connectivity index (χ1) is 7.75. The summed E-state index contributed by atoms with van der Waals surface area (Å²) < 4.78 is 0. The highest BCUT2D eigenvalue weighted by molar-refractivity contribution is 5.44. The topological polar surface area (TPSA) is 24.9 Å². The molecule has 0 aliphatic heterocycles. The van der Waals surface area contributed by atoms with Crippen LogP contribution >= 0.6 is 0 Å². The molecular formula is C14H16N2. The van der Waals surface area contributed by atoms with E-state index in [9.17, 15) is 0 Å². The molecule has 0 fully saturated rings. The summed E-state index contributed by atoms with van der Waals surface area (Å²) in [5.41, 5.74) is 3.39. The van der Waals surface area contributed by atoms with Gasteiger partial charge in [-0.1, -0.05) is 24.3 Å². The van der Waals surface area contributed by atoms with Crippen LogP contribution in [0.25, 0.3) is 0 Å². The van der Waals surface area contributed by atoms with Crippen LogP contribution in [0.4, 0.5) is 5.69 Å². The first kappa shape index (κ1) is 10.7. The third kappa shape index (κ3) is 2.60. The van der Waals surface area contributed by atoms with Crippen molar-refractivity contribution in [2.24, 2.45) is 0 Å². The predicted molar refractivity (Wildman–Crippen MR) is 67.5 cm³/mol. The van der Waals surface area contributed by atoms with E-state index in [2.05, 4.69) is 35.4 Å². The Kier molecular flexibility index (Phi) is 3.20. The van der Waals surface area contributed by atoms with Crippen molar-refractivity contribution in [3.8, 4) is 0 Å². The summed E-state index contributed by atoms with van der Waals surface area (Å²) >= 11 is 0. The molecule has 2 nitrogen and oxygen atoms in total. The fraction of sp³-hybridized carbons (Fsp3) is 0.214. The van der Waals surface area contributed by atoms with Crippen molar-refractivity contribution in [3.63, 3.8) is 0 Å². The number of nitrogens with one attached hydrogen (secondary N) is 1. The molecule has 2 aromatic rings. The average molecular weight is 212 g/mol. The van der Waals surface area contributed by atoms with E-state index in [0.717, 1.165) is 11.4 Å². The second-order valence-electron chi connectivity index (χ2n) is 3.96. The molecule has 1 heterocycles. The van der Waals surface area contributed by atoms with Gasteiger partial charge in [-0.3, -0.25) is 4.98 Å². The third-order valence-corrected chi connectivity index (χ3v) is 2.59. The first-order valence-corrected chi connectivity index (χ1v) is 5.50. The monoisotopic (exact) mass is 212 g/mol. The van der Waals surface area contributed by atoms with Gasteiger partial charge in [0.1, 0.15) is 0 Å². The van der Waals surface area contributed by atoms with E-state index in [1.807, 2.05) is 37.4 Å². The van der Waals surface area contributed by atoms with E-state index in [0.29, 0.717) is 0 Å². The van der Waals surface area contributed by atoms with E-state index >= 15 is 0 Å². The van der Waals surface area contributed by atoms with Crippen LogP contribution in [0.2, 0.25) is 0 Å². The number of pyridine rings is 1. The van der Waals surface area contributed by atoms with Gasteiger partial charge in [0, 0.05) is 17.6 Å². The van der Waals surface area contributed by atoms with E-state index in [1.165, 1.54) is 5.56 Å². The van der Waals surface area contributed by atoms with Crippen molar-refractivity contribution >= 4 is 5.69 Å². The zero-order valence-corrected chi connectivity index (χ0v) is 9.64. The van der Waals surface area contributed by atoms with E-state index in [-0.39, 0.29) is 6.04 Å². The molecule has 1 aromatic heterocycles. The Labute approximate surface area is 96.4 Å². The van der Waals surface area contributed by atoms with Crippen molar-refractivity contribution < 1.29 is 0 Å². The number of para-hydroxylation sites is 1. The molecule has 0 saturated heterocycles. The van der Waals surface area contributed by atoms with Gasteiger partial charge >= 0.3 is 0 Å². The van der Waals surface area contributed by atoms with Crippen LogP contribution in [0.15, 0.2) is 48.7 Å². The van der Waals surface area contributed by atoms with Gasteiger partial charge in [0.2, 0.25) is 0 Å². The molecule has 0 radical (unpaired) electrons. The molecule has 0 unspecified atom stereocenters. The summed E-state index contributed by atoms with van der Waals surface area (Å²) in [7, 11) is 0. The van der Waals surface area contributed by atoms with Crippen LogP contribution in [0.3, 0.4) is 0 Å². The summed E-state index contributed by atoms with van der Waals surface area (Å²) in [4.78, 5) is 4.30. The van der Waals surface area contributed by atoms with Crippen molar-refractivity contribution in [1.29, 1.82) is 0 Å². The second kappa shape index (κ2) is 4.79. The molecule has 1 aromatic carbocycles. The number of aryl methyl sites for hydroxylation is 1. The molecule has 1 atom stereocenters. The Morgan fingerprint density at radius 2 is 1.81 bits per heavy atom. The Balaban J connectivity index is 2.09. The third-order valence-electron chi connectivity index (χ3n) is 2.59. The van der Waals surface area contributed by atoms with Gasteiger partial charge in [0.25, 0.3) is 0 Å². The maximum absolute atomic E-state index is 4.30. The van der Waals surface area contributed by atoms with Crippen molar-refractivity contribution in [3.05, 3.63) is 59.9 Å². The van der Waals surface area contributed by atoms with Gasteiger partial charge < -0.3 is 5.32 Å². The number of anilines is 1. The number of nitrogens with zero attached hydrogens (tertiary/aromatic N) is 1. The smallest absolute Gasteiger partial charge is 0.0500 e. The lowest BCUT2D eigenvalue weighted by atomic mass is 10.1. The van der Waals surface area contributed by atoms with Crippen LogP contribution in [-0.4, -0.2) is 4.98 Å². The van der Waals surface area contributed by atoms with Crippen molar-refractivity contribution in [2.45, 2.75) is 19.9 Å². The van der Waals surface area contributed by atoms with Gasteiger partial charge in [-0.25, -0.2) is 0 Å². The number of aromatic nitrogens is 1. The molecule has 16 heavy (non-hydrogen) atoms. The van der Waals surface area contributed by atoms with Crippen LogP contribution in [0.5, 0.6) is 0 Å². The first-order valence-electron chi connectivity index (χ1n) is 5.50. The molecule has 0 aliphatic rings. The lowest BCUT2D eigenvalue weighted by molar-refractivity contribution is 0.872. The minimum Gasteiger partial charge on any atom is -0.378 e. The molecule has 1 N–H and O–H groups in total. The Morgan fingerprint density at radius 3 is 2.44 bits per heavy atom. The number of rotatable bonds is 3. The Bertz CT molecular complexity index is 434. The highest BCUT2D eigenvalue weighted by atomic mass is 14.9. The van der Waals surface area contributed by atoms with E-state index < -0.39 is 0 Å². The number of hydrogen-bond acceptors (Lipinski definition) is 2. The molecule has 2 heteroatoms. The maximum Gasteiger partial charge on any atom is 0.0500 e. The van der Waals surface area contributed by atoms with Gasteiger partial charge in [0.15, 0.2) is 0 Å². The van der Waals surface area contributed by atoms with Crippen molar-refractivity contribution in [2.75, 3.05) is 5.32 Å². The summed E-state index contributed by atoms with van der Waals surface area (Å²) in [6.07, 6.45) is 1.93. The summed E-state index contributed by atoms with van der Waals surface area (Å²) in [6, 6.07) is 14.6. The summed E-state index contributed by atoms with van der Waals surface area (Å²) in [6.45, 7) is 4.14. The number of benzene rings is 1. The average Bonchev–Trinajstić information content (AvgIpc) is 2.31. The van der Waals surface area contributed by atoms with Gasteiger partial charge in [-0.15, -0.1) is 0 Å². The minimum atomic E-state index is 0.274. The lowest BCUT2D eigenvalue weighted by Gasteiger charge is -2.15. The fourth-order valence-electron chi connectivity index (χ4n) is 1.60. The quantitative estimate of drug-likeness (QED) is 0.841. The van der Waals surface area contributed by atoms with Crippen LogP contribution in [0, 0.1) is 6.92 Å². The normalized spacial score (nSPS) is 12.1. The molecule has 0 aliphatic carbocycles. The highest BCUT2D eigenvalue weighted by Crippen LogP contribution is 2.17. The SMILES string of the molecule is Cc1ccc([C@H](C)Nc2ccccc2)cn1. The Morgan fingerprint density at radius 1 is 1.06 bits per heavy atom. The van der Waals surface area contributed by atoms with Crippen LogP contribution in [-0.2, 0) is 0 Å². The number of hydrogen-bond donors (Lipinski definition) is 1. The molecule has 82 valence electrons. The predicted octanol–water partition coefficient (Wildman–Crippen LogP) is 3.56. The molecular weight excluding hydrogens is 196 g/mol. The molecule has 0 saturated carbocycles. The standard InChI is InChI=1S/C14H16N2/c1-11-8-9-13(10-15-11)12(2)16-14-6-4-3-5-7-14/h3-10,12,16H,1-2H3/t12-/m0/s1. The van der Waals surface area contributed by atoms with Crippen LogP contribution < -0.4 is 5.32 Å². The molecule has 2 rings (SSSR count). The second-order valence-corrected chi connectivity index (χ2v) is 3.96. The van der Waals surface area contributed by atoms with Crippen LogP contribution in [0.1, 0.15) is 24.2 Å². The van der Waals surface area contributed by atoms with Crippen molar-refractivity contribution in [1.82, 2.24) is 4.98 Å². The van der Waals surface area contributed by atoms with Gasteiger partial charge in [-0.2, -0.15) is 0 Å². The Hall–Kier alpha value is -1.83. The molecule has 0 amide bonds. The van der Waals surface area contributed by atoms with Gasteiger partial charge in [0.05, 0.1) is 6.04 Å². The minimum absolute atomic E-state index is 0.274. The molecule has 0 bridgehead atoms. The van der Waals surface area contributed by atoms with E-state index in [4.69, 9.17) is 0 Å². The summed E-state index contributed by atoms with van der Waals surface area (Å²) in [5, 5.41) is 3.44. The fourth-order valence-corrected chi connectivity index (χ4v) is 1.60.